The Balaban J connectivity index is 2.50. The number of methoxy groups -OCH3 is 1. The molecule has 1 N–H and O–H groups in total. The third-order valence-electron chi connectivity index (χ3n) is 2.67. The summed E-state index contributed by atoms with van der Waals surface area (Å²) in [5, 5.41) is 8.92. The van der Waals surface area contributed by atoms with Crippen LogP contribution in [0, 0.1) is 5.82 Å². The molecule has 1 heterocycles. The topological polar surface area (TPSA) is 76.5 Å². The Bertz CT molecular complexity index is 685. The predicted molar refractivity (Wildman–Crippen MR) is 67.9 cm³/mol. The fraction of sp³-hybridized carbons (Fsp3) is 0.0714. The van der Waals surface area contributed by atoms with Crippen LogP contribution in [0.3, 0.4) is 0 Å². The van der Waals surface area contributed by atoms with E-state index in [-0.39, 0.29) is 11.1 Å². The molecule has 1 aromatic carbocycles. The summed E-state index contributed by atoms with van der Waals surface area (Å²) in [6.07, 6.45) is 1.33. The third kappa shape index (κ3) is 2.64. The Labute approximate surface area is 113 Å². The summed E-state index contributed by atoms with van der Waals surface area (Å²) in [6, 6.07) is 6.48. The fourth-order valence-corrected chi connectivity index (χ4v) is 1.67. The van der Waals surface area contributed by atoms with Gasteiger partial charge in [-0.25, -0.2) is 14.0 Å². The maximum Gasteiger partial charge on any atom is 0.340 e. The van der Waals surface area contributed by atoms with Crippen LogP contribution in [-0.2, 0) is 4.74 Å². The number of hydrogen-bond donors (Lipinski definition) is 1. The predicted octanol–water partition coefficient (Wildman–Crippen LogP) is 2.37. The van der Waals surface area contributed by atoms with Crippen LogP contribution < -0.4 is 0 Å². The van der Waals surface area contributed by atoms with Gasteiger partial charge in [0.1, 0.15) is 5.82 Å². The van der Waals surface area contributed by atoms with Crippen molar-refractivity contribution in [2.75, 3.05) is 7.11 Å². The Kier molecular flexibility index (Phi) is 3.74. The van der Waals surface area contributed by atoms with E-state index in [0.29, 0.717) is 11.3 Å². The molecule has 0 unspecified atom stereocenters. The number of nitrogens with zero attached hydrogens (tertiary/aromatic N) is 1. The number of benzene rings is 1. The molecule has 0 aliphatic carbocycles. The van der Waals surface area contributed by atoms with Gasteiger partial charge in [0, 0.05) is 11.8 Å². The number of carbonyl (C=O) groups is 2. The lowest BCUT2D eigenvalue weighted by Gasteiger charge is -2.05. The summed E-state index contributed by atoms with van der Waals surface area (Å²) in [7, 11) is 1.15. The SMILES string of the molecule is COC(=O)c1cc(-c2cc(C(=O)O)ccn2)ccc1F. The molecule has 0 radical (unpaired) electrons. The van der Waals surface area contributed by atoms with E-state index >= 15 is 0 Å². The molecule has 0 spiro atoms. The lowest BCUT2D eigenvalue weighted by molar-refractivity contribution is 0.0594. The molecule has 5 nitrogen and oxygen atoms in total. The molecule has 1 aromatic heterocycles. The first kappa shape index (κ1) is 13.7. The molecule has 0 amide bonds. The van der Waals surface area contributed by atoms with Gasteiger partial charge in [0.05, 0.1) is 23.9 Å². The molecule has 0 atom stereocenters. The van der Waals surface area contributed by atoms with E-state index in [1.807, 2.05) is 0 Å². The normalized spacial score (nSPS) is 10.1. The number of carbonyl (C=O) groups excluding carboxylic acids is 1. The van der Waals surface area contributed by atoms with Crippen LogP contribution in [-0.4, -0.2) is 29.1 Å². The highest BCUT2D eigenvalue weighted by molar-refractivity contribution is 5.92. The van der Waals surface area contributed by atoms with E-state index in [1.54, 1.807) is 0 Å². The second kappa shape index (κ2) is 5.48. The summed E-state index contributed by atoms with van der Waals surface area (Å²) in [4.78, 5) is 26.3. The lowest BCUT2D eigenvalue weighted by Crippen LogP contribution is -2.05. The molecule has 0 fully saturated rings. The third-order valence-corrected chi connectivity index (χ3v) is 2.67. The van der Waals surface area contributed by atoms with Gasteiger partial charge >= 0.3 is 11.9 Å². The average Bonchev–Trinajstić information content (AvgIpc) is 2.47. The zero-order chi connectivity index (χ0) is 14.7. The number of esters is 1. The molecule has 0 bridgehead atoms. The Morgan fingerprint density at radius 2 is 2.00 bits per heavy atom. The maximum absolute atomic E-state index is 13.5. The first-order valence-electron chi connectivity index (χ1n) is 5.60. The van der Waals surface area contributed by atoms with Crippen molar-refractivity contribution in [2.45, 2.75) is 0 Å². The number of ether oxygens (including phenoxy) is 1. The molecule has 2 rings (SSSR count). The molecular formula is C14H10FNO4. The Hall–Kier alpha value is -2.76. The molecule has 0 saturated carbocycles. The number of pyridine rings is 1. The van der Waals surface area contributed by atoms with Crippen molar-refractivity contribution in [1.82, 2.24) is 4.98 Å². The molecular weight excluding hydrogens is 265 g/mol. The first-order chi connectivity index (χ1) is 9.52. The summed E-state index contributed by atoms with van der Waals surface area (Å²) < 4.78 is 18.0. The van der Waals surface area contributed by atoms with Gasteiger partial charge in [-0.1, -0.05) is 0 Å². The lowest BCUT2D eigenvalue weighted by atomic mass is 10.1. The molecule has 102 valence electrons. The highest BCUT2D eigenvalue weighted by Gasteiger charge is 2.14. The van der Waals surface area contributed by atoms with Crippen molar-refractivity contribution in [3.8, 4) is 11.3 Å². The average molecular weight is 275 g/mol. The van der Waals surface area contributed by atoms with Crippen LogP contribution in [0.1, 0.15) is 20.7 Å². The van der Waals surface area contributed by atoms with Gasteiger partial charge in [0.2, 0.25) is 0 Å². The second-order valence-electron chi connectivity index (χ2n) is 3.92. The van der Waals surface area contributed by atoms with Gasteiger partial charge in [0.25, 0.3) is 0 Å². The van der Waals surface area contributed by atoms with Crippen molar-refractivity contribution < 1.29 is 23.8 Å². The monoisotopic (exact) mass is 275 g/mol. The number of aromatic nitrogens is 1. The minimum absolute atomic E-state index is 0.0546. The zero-order valence-corrected chi connectivity index (χ0v) is 10.5. The number of carboxylic acid groups (broad SMARTS) is 1. The first-order valence-corrected chi connectivity index (χ1v) is 5.60. The van der Waals surface area contributed by atoms with Gasteiger partial charge in [-0.05, 0) is 30.3 Å². The van der Waals surface area contributed by atoms with Gasteiger partial charge in [0.15, 0.2) is 0 Å². The largest absolute Gasteiger partial charge is 0.478 e. The van der Waals surface area contributed by atoms with Crippen molar-refractivity contribution in [2.24, 2.45) is 0 Å². The van der Waals surface area contributed by atoms with Crippen molar-refractivity contribution >= 4 is 11.9 Å². The van der Waals surface area contributed by atoms with Gasteiger partial charge in [-0.2, -0.15) is 0 Å². The Morgan fingerprint density at radius 3 is 2.65 bits per heavy atom. The minimum atomic E-state index is -1.09. The van der Waals surface area contributed by atoms with Crippen LogP contribution in [0.5, 0.6) is 0 Å². The molecule has 0 aliphatic rings. The molecule has 0 aliphatic heterocycles. The van der Waals surface area contributed by atoms with Crippen LogP contribution in [0.25, 0.3) is 11.3 Å². The quantitative estimate of drug-likeness (QED) is 0.870. The Morgan fingerprint density at radius 1 is 1.25 bits per heavy atom. The van der Waals surface area contributed by atoms with Crippen LogP contribution >= 0.6 is 0 Å². The molecule has 2 aromatic rings. The van der Waals surface area contributed by atoms with E-state index in [2.05, 4.69) is 9.72 Å². The van der Waals surface area contributed by atoms with E-state index < -0.39 is 17.8 Å². The number of rotatable bonds is 3. The summed E-state index contributed by atoms with van der Waals surface area (Å²) in [6.45, 7) is 0. The van der Waals surface area contributed by atoms with Crippen molar-refractivity contribution in [3.05, 3.63) is 53.5 Å². The fourth-order valence-electron chi connectivity index (χ4n) is 1.67. The van der Waals surface area contributed by atoms with Crippen molar-refractivity contribution in [3.63, 3.8) is 0 Å². The summed E-state index contributed by atoms with van der Waals surface area (Å²) in [5.41, 5.74) is 0.580. The highest BCUT2D eigenvalue weighted by Crippen LogP contribution is 2.21. The number of halogens is 1. The number of hydrogen-bond acceptors (Lipinski definition) is 4. The molecule has 6 heteroatoms. The number of aromatic carboxylic acids is 1. The smallest absolute Gasteiger partial charge is 0.340 e. The van der Waals surface area contributed by atoms with Gasteiger partial charge in [-0.3, -0.25) is 4.98 Å². The standard InChI is InChI=1S/C14H10FNO4/c1-20-14(19)10-6-8(2-3-11(10)15)12-7-9(13(17)18)4-5-16-12/h2-7H,1H3,(H,17,18). The minimum Gasteiger partial charge on any atom is -0.478 e. The summed E-state index contributed by atoms with van der Waals surface area (Å²) in [5.74, 6) is -2.61. The maximum atomic E-state index is 13.5. The second-order valence-corrected chi connectivity index (χ2v) is 3.92. The van der Waals surface area contributed by atoms with E-state index in [4.69, 9.17) is 5.11 Å². The van der Waals surface area contributed by atoms with E-state index in [1.165, 1.54) is 30.5 Å². The zero-order valence-electron chi connectivity index (χ0n) is 10.5. The van der Waals surface area contributed by atoms with E-state index in [0.717, 1.165) is 13.2 Å². The van der Waals surface area contributed by atoms with Crippen LogP contribution in [0.4, 0.5) is 4.39 Å². The van der Waals surface area contributed by atoms with Gasteiger partial charge in [-0.15, -0.1) is 0 Å². The van der Waals surface area contributed by atoms with E-state index in [9.17, 15) is 14.0 Å². The van der Waals surface area contributed by atoms with Crippen molar-refractivity contribution in [1.29, 1.82) is 0 Å². The molecule has 20 heavy (non-hydrogen) atoms. The van der Waals surface area contributed by atoms with Crippen LogP contribution in [0.15, 0.2) is 36.5 Å². The summed E-state index contributed by atoms with van der Waals surface area (Å²) >= 11 is 0. The molecule has 0 saturated heterocycles. The van der Waals surface area contributed by atoms with Crippen LogP contribution in [0.2, 0.25) is 0 Å². The number of carboxylic acids is 1. The van der Waals surface area contributed by atoms with Gasteiger partial charge < -0.3 is 9.84 Å². The highest BCUT2D eigenvalue weighted by atomic mass is 19.1.